The van der Waals surface area contributed by atoms with Gasteiger partial charge < -0.3 is 9.73 Å². The van der Waals surface area contributed by atoms with Gasteiger partial charge in [0.15, 0.2) is 0 Å². The fraction of sp³-hybridized carbons (Fsp3) is 0.227. The summed E-state index contributed by atoms with van der Waals surface area (Å²) in [5, 5.41) is 3.07. The van der Waals surface area contributed by atoms with Gasteiger partial charge in [0.25, 0.3) is 0 Å². The molecule has 2 aromatic carbocycles. The second-order valence-corrected chi connectivity index (χ2v) is 6.50. The summed E-state index contributed by atoms with van der Waals surface area (Å²) >= 11 is 0. The van der Waals surface area contributed by atoms with Crippen LogP contribution in [0.5, 0.6) is 0 Å². The Morgan fingerprint density at radius 3 is 2.42 bits per heavy atom. The molecule has 0 saturated carbocycles. The van der Waals surface area contributed by atoms with Crippen molar-refractivity contribution >= 4 is 11.6 Å². The third-order valence-electron chi connectivity index (χ3n) is 4.51. The lowest BCUT2D eigenvalue weighted by molar-refractivity contribution is -0.120. The molecule has 26 heavy (non-hydrogen) atoms. The van der Waals surface area contributed by atoms with Crippen molar-refractivity contribution in [1.29, 1.82) is 0 Å². The zero-order valence-corrected chi connectivity index (χ0v) is 15.4. The molecule has 1 aromatic heterocycles. The molecule has 4 heteroatoms. The molecule has 1 heterocycles. The zero-order valence-electron chi connectivity index (χ0n) is 15.4. The van der Waals surface area contributed by atoms with Crippen molar-refractivity contribution < 1.29 is 9.21 Å². The van der Waals surface area contributed by atoms with Gasteiger partial charge in [0.1, 0.15) is 11.5 Å². The molecule has 0 saturated heterocycles. The molecule has 0 bridgehead atoms. The van der Waals surface area contributed by atoms with Crippen molar-refractivity contribution in [2.45, 2.75) is 26.4 Å². The lowest BCUT2D eigenvalue weighted by Crippen LogP contribution is -2.39. The van der Waals surface area contributed by atoms with Crippen molar-refractivity contribution in [2.75, 3.05) is 12.4 Å². The molecule has 3 aromatic rings. The molecule has 134 valence electrons. The first-order chi connectivity index (χ1) is 12.5. The van der Waals surface area contributed by atoms with Crippen LogP contribution >= 0.6 is 0 Å². The first kappa shape index (κ1) is 18.0. The second-order valence-electron chi connectivity index (χ2n) is 6.50. The highest BCUT2D eigenvalue weighted by Crippen LogP contribution is 2.27. The molecule has 0 aliphatic heterocycles. The highest BCUT2D eigenvalue weighted by molar-refractivity contribution is 5.98. The first-order valence-corrected chi connectivity index (χ1v) is 8.75. The Hall–Kier alpha value is -2.85. The summed E-state index contributed by atoms with van der Waals surface area (Å²) in [6.45, 7) is 4.40. The van der Waals surface area contributed by atoms with E-state index < -0.39 is 0 Å². The number of hydrogen-bond donors (Lipinski definition) is 1. The largest absolute Gasteiger partial charge is 0.465 e. The number of likely N-dealkylation sites (N-methyl/N-ethyl adjacent to an activating group) is 1. The van der Waals surface area contributed by atoms with Crippen LogP contribution in [-0.2, 0) is 11.3 Å². The molecule has 0 fully saturated rings. The summed E-state index contributed by atoms with van der Waals surface area (Å²) in [6.07, 6.45) is 0. The van der Waals surface area contributed by atoms with Crippen molar-refractivity contribution in [3.05, 3.63) is 78.3 Å². The Labute approximate surface area is 154 Å². The predicted octanol–water partition coefficient (Wildman–Crippen LogP) is 4.71. The molecule has 1 N–H and O–H groups in total. The highest BCUT2D eigenvalue weighted by atomic mass is 16.3. The SMILES string of the molecule is Cc1ccc(CN(C)[C@H](C)C(=O)Nc2ccccc2-c2ccccc2)o1. The van der Waals surface area contributed by atoms with Crippen LogP contribution in [0.2, 0.25) is 0 Å². The van der Waals surface area contributed by atoms with Crippen LogP contribution in [-0.4, -0.2) is 23.9 Å². The number of para-hydroxylation sites is 1. The summed E-state index contributed by atoms with van der Waals surface area (Å²) in [5.74, 6) is 1.69. The number of nitrogens with one attached hydrogen (secondary N) is 1. The molecule has 3 rings (SSSR count). The number of benzene rings is 2. The van der Waals surface area contributed by atoms with Gasteiger partial charge in [-0.3, -0.25) is 9.69 Å². The van der Waals surface area contributed by atoms with Crippen molar-refractivity contribution in [2.24, 2.45) is 0 Å². The van der Waals surface area contributed by atoms with Crippen LogP contribution in [0.15, 0.2) is 71.1 Å². The van der Waals surface area contributed by atoms with E-state index in [0.29, 0.717) is 6.54 Å². The normalized spacial score (nSPS) is 12.2. The van der Waals surface area contributed by atoms with E-state index >= 15 is 0 Å². The number of aryl methyl sites for hydroxylation is 1. The van der Waals surface area contributed by atoms with E-state index in [1.165, 1.54) is 0 Å². The Bertz CT molecular complexity index is 871. The Morgan fingerprint density at radius 2 is 1.73 bits per heavy atom. The van der Waals surface area contributed by atoms with Gasteiger partial charge in [-0.25, -0.2) is 0 Å². The predicted molar refractivity (Wildman–Crippen MR) is 105 cm³/mol. The molecular formula is C22H24N2O2. The lowest BCUT2D eigenvalue weighted by Gasteiger charge is -2.23. The maximum Gasteiger partial charge on any atom is 0.241 e. The molecule has 0 aliphatic rings. The average molecular weight is 348 g/mol. The van der Waals surface area contributed by atoms with Gasteiger partial charge in [-0.15, -0.1) is 0 Å². The molecule has 0 aliphatic carbocycles. The van der Waals surface area contributed by atoms with E-state index in [-0.39, 0.29) is 11.9 Å². The van der Waals surface area contributed by atoms with Gasteiger partial charge in [-0.2, -0.15) is 0 Å². The average Bonchev–Trinajstić information content (AvgIpc) is 3.07. The summed E-state index contributed by atoms with van der Waals surface area (Å²) in [4.78, 5) is 14.7. The maximum atomic E-state index is 12.7. The van der Waals surface area contributed by atoms with Gasteiger partial charge in [0.2, 0.25) is 5.91 Å². The van der Waals surface area contributed by atoms with E-state index in [1.54, 1.807) is 0 Å². The number of hydrogen-bond acceptors (Lipinski definition) is 3. The third kappa shape index (κ3) is 4.21. The minimum atomic E-state index is -0.288. The van der Waals surface area contributed by atoms with E-state index in [9.17, 15) is 4.79 Å². The number of rotatable bonds is 6. The minimum absolute atomic E-state index is 0.0424. The highest BCUT2D eigenvalue weighted by Gasteiger charge is 2.20. The van der Waals surface area contributed by atoms with Gasteiger partial charge in [-0.1, -0.05) is 48.5 Å². The maximum absolute atomic E-state index is 12.7. The van der Waals surface area contributed by atoms with Crippen LogP contribution in [0.3, 0.4) is 0 Å². The Kier molecular flexibility index (Phi) is 5.54. The first-order valence-electron chi connectivity index (χ1n) is 8.75. The molecule has 0 unspecified atom stereocenters. The number of furan rings is 1. The molecular weight excluding hydrogens is 324 g/mol. The van der Waals surface area contributed by atoms with E-state index in [4.69, 9.17) is 4.42 Å². The molecule has 0 radical (unpaired) electrons. The number of nitrogens with zero attached hydrogens (tertiary/aromatic N) is 1. The minimum Gasteiger partial charge on any atom is -0.465 e. The van der Waals surface area contributed by atoms with Gasteiger partial charge in [-0.05, 0) is 44.7 Å². The van der Waals surface area contributed by atoms with Crippen LogP contribution in [0, 0.1) is 6.92 Å². The van der Waals surface area contributed by atoms with Crippen molar-refractivity contribution in [3.63, 3.8) is 0 Å². The fourth-order valence-corrected chi connectivity index (χ4v) is 2.85. The number of amides is 1. The number of anilines is 1. The summed E-state index contributed by atoms with van der Waals surface area (Å²) in [5.41, 5.74) is 2.91. The number of carbonyl (C=O) groups is 1. The monoisotopic (exact) mass is 348 g/mol. The second kappa shape index (κ2) is 8.02. The Morgan fingerprint density at radius 1 is 1.04 bits per heavy atom. The van der Waals surface area contributed by atoms with Crippen LogP contribution in [0.4, 0.5) is 5.69 Å². The molecule has 0 spiro atoms. The number of carbonyl (C=O) groups excluding carboxylic acids is 1. The van der Waals surface area contributed by atoms with Crippen LogP contribution < -0.4 is 5.32 Å². The van der Waals surface area contributed by atoms with E-state index in [0.717, 1.165) is 28.3 Å². The summed E-state index contributed by atoms with van der Waals surface area (Å²) < 4.78 is 5.61. The molecule has 1 amide bonds. The molecule has 1 atom stereocenters. The lowest BCUT2D eigenvalue weighted by atomic mass is 10.0. The Balaban J connectivity index is 1.71. The summed E-state index contributed by atoms with van der Waals surface area (Å²) in [6, 6.07) is 21.5. The van der Waals surface area contributed by atoms with Crippen molar-refractivity contribution in [1.82, 2.24) is 4.90 Å². The molecule has 4 nitrogen and oxygen atoms in total. The van der Waals surface area contributed by atoms with Crippen molar-refractivity contribution in [3.8, 4) is 11.1 Å². The van der Waals surface area contributed by atoms with E-state index in [2.05, 4.69) is 5.32 Å². The van der Waals surface area contributed by atoms with Crippen LogP contribution in [0.25, 0.3) is 11.1 Å². The van der Waals surface area contributed by atoms with Crippen LogP contribution in [0.1, 0.15) is 18.4 Å². The standard InChI is InChI=1S/C22H24N2O2/c1-16-13-14-19(26-16)15-24(3)17(2)22(25)23-21-12-8-7-11-20(21)18-9-5-4-6-10-18/h4-14,17H,15H2,1-3H3,(H,23,25)/t17-/m1/s1. The quantitative estimate of drug-likeness (QED) is 0.701. The summed E-state index contributed by atoms with van der Waals surface area (Å²) in [7, 11) is 1.92. The van der Waals surface area contributed by atoms with Gasteiger partial charge >= 0.3 is 0 Å². The van der Waals surface area contributed by atoms with E-state index in [1.807, 2.05) is 92.5 Å². The fourth-order valence-electron chi connectivity index (χ4n) is 2.85. The van der Waals surface area contributed by atoms with Gasteiger partial charge in [0, 0.05) is 11.3 Å². The topological polar surface area (TPSA) is 45.5 Å². The van der Waals surface area contributed by atoms with Gasteiger partial charge in [0.05, 0.1) is 12.6 Å². The third-order valence-corrected chi connectivity index (χ3v) is 4.51. The smallest absolute Gasteiger partial charge is 0.241 e. The zero-order chi connectivity index (χ0) is 18.5.